The Labute approximate surface area is 86.1 Å². The van der Waals surface area contributed by atoms with Crippen LogP contribution < -0.4 is 0 Å². The molecule has 0 aromatic heterocycles. The maximum Gasteiger partial charge on any atom is 0.419 e. The van der Waals surface area contributed by atoms with Crippen LogP contribution in [0.25, 0.3) is 10.4 Å². The van der Waals surface area contributed by atoms with Crippen molar-refractivity contribution in [2.24, 2.45) is 5.11 Å². The molecular formula is C8H3F4N3O. The summed E-state index contributed by atoms with van der Waals surface area (Å²) in [5.41, 5.74) is 5.82. The molecule has 1 aromatic carbocycles. The number of azide groups is 1. The van der Waals surface area contributed by atoms with Gasteiger partial charge < -0.3 is 0 Å². The van der Waals surface area contributed by atoms with Gasteiger partial charge in [0.15, 0.2) is 0 Å². The summed E-state index contributed by atoms with van der Waals surface area (Å²) in [6.45, 7) is 0. The fourth-order valence-corrected chi connectivity index (χ4v) is 0.974. The standard InChI is InChI=1S/C8H3F4N3O/c9-6-2-1-4(7(16)14-15-13)3-5(6)8(10,11)12/h1-3H. The van der Waals surface area contributed by atoms with Gasteiger partial charge in [-0.2, -0.15) is 13.2 Å². The van der Waals surface area contributed by atoms with Gasteiger partial charge in [0.1, 0.15) is 5.82 Å². The smallest absolute Gasteiger partial charge is 0.287 e. The van der Waals surface area contributed by atoms with E-state index in [1.807, 2.05) is 0 Å². The summed E-state index contributed by atoms with van der Waals surface area (Å²) in [6.07, 6.45) is -4.91. The molecule has 0 radical (unpaired) electrons. The van der Waals surface area contributed by atoms with Crippen molar-refractivity contribution in [2.45, 2.75) is 6.18 Å². The fraction of sp³-hybridized carbons (Fsp3) is 0.125. The highest BCUT2D eigenvalue weighted by atomic mass is 19.4. The van der Waals surface area contributed by atoms with Crippen molar-refractivity contribution in [3.63, 3.8) is 0 Å². The highest BCUT2D eigenvalue weighted by molar-refractivity contribution is 5.95. The van der Waals surface area contributed by atoms with Crippen LogP contribution in [0.2, 0.25) is 0 Å². The Balaban J connectivity index is 3.28. The molecule has 0 aliphatic heterocycles. The zero-order chi connectivity index (χ0) is 12.3. The second kappa shape index (κ2) is 4.19. The highest BCUT2D eigenvalue weighted by Gasteiger charge is 2.34. The van der Waals surface area contributed by atoms with Crippen LogP contribution in [0.5, 0.6) is 0 Å². The van der Waals surface area contributed by atoms with E-state index in [0.717, 1.165) is 6.07 Å². The average Bonchev–Trinajstić information content (AvgIpc) is 2.16. The first kappa shape index (κ1) is 12.0. The molecule has 4 nitrogen and oxygen atoms in total. The van der Waals surface area contributed by atoms with Gasteiger partial charge in [-0.3, -0.25) is 4.79 Å². The van der Waals surface area contributed by atoms with E-state index in [1.165, 1.54) is 0 Å². The maximum absolute atomic E-state index is 12.8. The molecule has 1 aromatic rings. The van der Waals surface area contributed by atoms with Crippen LogP contribution in [0.15, 0.2) is 23.3 Å². The summed E-state index contributed by atoms with van der Waals surface area (Å²) in [5, 5.41) is 2.60. The van der Waals surface area contributed by atoms with Crippen LogP contribution in [-0.2, 0) is 6.18 Å². The predicted molar refractivity (Wildman–Crippen MR) is 44.9 cm³/mol. The maximum atomic E-state index is 12.8. The van der Waals surface area contributed by atoms with E-state index >= 15 is 0 Å². The Morgan fingerprint density at radius 1 is 1.38 bits per heavy atom. The first-order valence-electron chi connectivity index (χ1n) is 3.82. The van der Waals surface area contributed by atoms with Gasteiger partial charge in [-0.25, -0.2) is 4.39 Å². The minimum Gasteiger partial charge on any atom is -0.287 e. The Hall–Kier alpha value is -2.08. The van der Waals surface area contributed by atoms with E-state index in [4.69, 9.17) is 5.53 Å². The SMILES string of the molecule is [N-]=[N+]=NC(=O)c1ccc(F)c(C(F)(F)F)c1. The van der Waals surface area contributed by atoms with E-state index in [-0.39, 0.29) is 0 Å². The quantitative estimate of drug-likeness (QED) is 0.317. The molecule has 0 aliphatic carbocycles. The Morgan fingerprint density at radius 2 is 2.00 bits per heavy atom. The van der Waals surface area contributed by atoms with Crippen LogP contribution in [0.4, 0.5) is 17.6 Å². The lowest BCUT2D eigenvalue weighted by molar-refractivity contribution is -0.140. The van der Waals surface area contributed by atoms with Crippen molar-refractivity contribution >= 4 is 5.91 Å². The van der Waals surface area contributed by atoms with Crippen molar-refractivity contribution in [1.82, 2.24) is 0 Å². The lowest BCUT2D eigenvalue weighted by Gasteiger charge is -2.08. The summed E-state index contributed by atoms with van der Waals surface area (Å²) in [7, 11) is 0. The number of rotatable bonds is 1. The van der Waals surface area contributed by atoms with Crippen molar-refractivity contribution in [2.75, 3.05) is 0 Å². The molecule has 0 spiro atoms. The van der Waals surface area contributed by atoms with Crippen molar-refractivity contribution in [3.8, 4) is 0 Å². The number of alkyl halides is 3. The average molecular weight is 233 g/mol. The molecular weight excluding hydrogens is 230 g/mol. The number of carbonyl (C=O) groups is 1. The van der Waals surface area contributed by atoms with Crippen molar-refractivity contribution < 1.29 is 22.4 Å². The third-order valence-corrected chi connectivity index (χ3v) is 1.65. The van der Waals surface area contributed by atoms with Gasteiger partial charge in [0.2, 0.25) is 5.91 Å². The molecule has 0 saturated heterocycles. The van der Waals surface area contributed by atoms with Gasteiger partial charge in [-0.15, -0.1) is 0 Å². The van der Waals surface area contributed by atoms with Crippen LogP contribution in [0.3, 0.4) is 0 Å². The molecule has 8 heteroatoms. The van der Waals surface area contributed by atoms with E-state index in [0.29, 0.717) is 12.1 Å². The van der Waals surface area contributed by atoms with E-state index in [9.17, 15) is 22.4 Å². The summed E-state index contributed by atoms with van der Waals surface area (Å²) in [4.78, 5) is 13.1. The number of amides is 1. The van der Waals surface area contributed by atoms with E-state index in [1.54, 1.807) is 0 Å². The predicted octanol–water partition coefficient (Wildman–Crippen LogP) is 3.30. The summed E-state index contributed by atoms with van der Waals surface area (Å²) in [6, 6.07) is 1.59. The van der Waals surface area contributed by atoms with Gasteiger partial charge in [-0.1, -0.05) is 0 Å². The first-order valence-corrected chi connectivity index (χ1v) is 3.82. The van der Waals surface area contributed by atoms with Crippen LogP contribution in [0, 0.1) is 5.82 Å². The van der Waals surface area contributed by atoms with Gasteiger partial charge in [0.25, 0.3) is 0 Å². The van der Waals surface area contributed by atoms with Crippen molar-refractivity contribution in [3.05, 3.63) is 45.6 Å². The summed E-state index contributed by atoms with van der Waals surface area (Å²) >= 11 is 0. The molecule has 0 unspecified atom stereocenters. The summed E-state index contributed by atoms with van der Waals surface area (Å²) < 4.78 is 49.4. The van der Waals surface area contributed by atoms with Crippen LogP contribution in [0.1, 0.15) is 15.9 Å². The third-order valence-electron chi connectivity index (χ3n) is 1.65. The molecule has 0 bridgehead atoms. The number of hydrogen-bond donors (Lipinski definition) is 0. The minimum absolute atomic E-state index is 0.298. The Bertz CT molecular complexity index is 477. The first-order chi connectivity index (χ1) is 7.36. The second-order valence-corrected chi connectivity index (χ2v) is 2.69. The van der Waals surface area contributed by atoms with Crippen molar-refractivity contribution in [1.29, 1.82) is 0 Å². The Morgan fingerprint density at radius 3 is 2.50 bits per heavy atom. The summed E-state index contributed by atoms with van der Waals surface area (Å²) in [5.74, 6) is -2.70. The molecule has 16 heavy (non-hydrogen) atoms. The normalized spacial score (nSPS) is 10.8. The highest BCUT2D eigenvalue weighted by Crippen LogP contribution is 2.31. The van der Waals surface area contributed by atoms with Gasteiger partial charge >= 0.3 is 6.18 Å². The molecule has 0 fully saturated rings. The largest absolute Gasteiger partial charge is 0.419 e. The molecule has 84 valence electrons. The molecule has 0 aliphatic rings. The molecule has 0 atom stereocenters. The zero-order valence-electron chi connectivity index (χ0n) is 7.49. The molecule has 0 N–H and O–H groups in total. The van der Waals surface area contributed by atoms with Gasteiger partial charge in [-0.05, 0) is 28.8 Å². The molecule has 1 amide bonds. The number of carbonyl (C=O) groups excluding carboxylic acids is 1. The number of nitrogens with zero attached hydrogens (tertiary/aromatic N) is 3. The lowest BCUT2D eigenvalue weighted by atomic mass is 10.1. The monoisotopic (exact) mass is 233 g/mol. The topological polar surface area (TPSA) is 65.8 Å². The van der Waals surface area contributed by atoms with Crippen LogP contribution >= 0.6 is 0 Å². The molecule has 1 rings (SSSR count). The van der Waals surface area contributed by atoms with E-state index < -0.39 is 29.0 Å². The Kier molecular flexibility index (Phi) is 3.14. The number of halogens is 4. The van der Waals surface area contributed by atoms with Crippen LogP contribution in [-0.4, -0.2) is 5.91 Å². The second-order valence-electron chi connectivity index (χ2n) is 2.69. The zero-order valence-corrected chi connectivity index (χ0v) is 7.49. The lowest BCUT2D eigenvalue weighted by Crippen LogP contribution is -2.09. The number of benzene rings is 1. The molecule has 0 heterocycles. The molecule has 0 saturated carbocycles. The fourth-order valence-electron chi connectivity index (χ4n) is 0.974. The number of hydrogen-bond acceptors (Lipinski definition) is 1. The van der Waals surface area contributed by atoms with E-state index in [2.05, 4.69) is 10.0 Å². The van der Waals surface area contributed by atoms with Gasteiger partial charge in [0, 0.05) is 10.5 Å². The van der Waals surface area contributed by atoms with Gasteiger partial charge in [0.05, 0.1) is 5.56 Å². The third kappa shape index (κ3) is 2.48. The minimum atomic E-state index is -4.91.